The van der Waals surface area contributed by atoms with Crippen LogP contribution in [0.15, 0.2) is 69.6 Å². The summed E-state index contributed by atoms with van der Waals surface area (Å²) in [4.78, 5) is 0. The highest BCUT2D eigenvalue weighted by atomic mass is 79.9. The van der Waals surface area contributed by atoms with Crippen molar-refractivity contribution < 1.29 is 9.47 Å². The lowest BCUT2D eigenvalue weighted by molar-refractivity contribution is 0.269. The van der Waals surface area contributed by atoms with E-state index >= 15 is 0 Å². The van der Waals surface area contributed by atoms with Gasteiger partial charge in [-0.1, -0.05) is 67.7 Å². The molecule has 0 aliphatic carbocycles. The Kier molecular flexibility index (Phi) is 7.98. The van der Waals surface area contributed by atoms with Gasteiger partial charge in [0.1, 0.15) is 6.61 Å². The first-order chi connectivity index (χ1) is 14.5. The Morgan fingerprint density at radius 1 is 1.00 bits per heavy atom. The zero-order valence-corrected chi connectivity index (χ0v) is 20.1. The van der Waals surface area contributed by atoms with Crippen LogP contribution in [0.4, 0.5) is 0 Å². The summed E-state index contributed by atoms with van der Waals surface area (Å²) in [5, 5.41) is 10.3. The molecule has 0 N–H and O–H groups in total. The molecule has 0 aromatic heterocycles. The second-order valence-electron chi connectivity index (χ2n) is 6.35. The molecule has 0 aliphatic rings. The number of rotatable bonds is 7. The first-order valence-corrected chi connectivity index (χ1v) is 11.2. The maximum absolute atomic E-state index is 9.63. The van der Waals surface area contributed by atoms with Crippen LogP contribution in [0.3, 0.4) is 0 Å². The summed E-state index contributed by atoms with van der Waals surface area (Å²) in [6.45, 7) is 2.84. The van der Waals surface area contributed by atoms with Crippen molar-refractivity contribution in [2.45, 2.75) is 13.5 Å². The van der Waals surface area contributed by atoms with Crippen molar-refractivity contribution in [3.8, 4) is 17.6 Å². The predicted molar refractivity (Wildman–Crippen MR) is 129 cm³/mol. The van der Waals surface area contributed by atoms with E-state index in [1.807, 2.05) is 61.5 Å². The quantitative estimate of drug-likeness (QED) is 0.223. The summed E-state index contributed by atoms with van der Waals surface area (Å²) >= 11 is 13.0. The van der Waals surface area contributed by atoms with Crippen molar-refractivity contribution >= 4 is 55.1 Å². The highest BCUT2D eigenvalue weighted by Gasteiger charge is 2.12. The third kappa shape index (κ3) is 5.89. The van der Waals surface area contributed by atoms with Gasteiger partial charge in [-0.15, -0.1) is 0 Å². The van der Waals surface area contributed by atoms with Gasteiger partial charge in [-0.25, -0.2) is 0 Å². The van der Waals surface area contributed by atoms with E-state index in [1.165, 1.54) is 0 Å². The normalized spacial score (nSPS) is 11.1. The fourth-order valence-corrected chi connectivity index (χ4v) is 3.58. The largest absolute Gasteiger partial charge is 0.490 e. The summed E-state index contributed by atoms with van der Waals surface area (Å²) in [5.74, 6) is 1.26. The Hall–Kier alpha value is -2.26. The molecule has 0 unspecified atom stereocenters. The molecular formula is C24H18Br2ClNO2. The lowest BCUT2D eigenvalue weighted by atomic mass is 10.0. The molecule has 0 aliphatic heterocycles. The van der Waals surface area contributed by atoms with Crippen molar-refractivity contribution in [3.63, 3.8) is 0 Å². The molecule has 0 saturated carbocycles. The number of nitrogens with zero attached hydrogens (tertiary/aromatic N) is 1. The molecule has 0 fully saturated rings. The van der Waals surface area contributed by atoms with Gasteiger partial charge in [0.25, 0.3) is 0 Å². The highest BCUT2D eigenvalue weighted by Crippen LogP contribution is 2.36. The van der Waals surface area contributed by atoms with Crippen LogP contribution >= 0.6 is 43.5 Å². The van der Waals surface area contributed by atoms with Crippen molar-refractivity contribution in [2.75, 3.05) is 6.61 Å². The van der Waals surface area contributed by atoms with E-state index in [9.17, 15) is 5.26 Å². The molecule has 152 valence electrons. The maximum Gasteiger partial charge on any atom is 0.162 e. The minimum Gasteiger partial charge on any atom is -0.490 e. The lowest BCUT2D eigenvalue weighted by Gasteiger charge is -2.14. The first-order valence-electron chi connectivity index (χ1n) is 9.21. The van der Waals surface area contributed by atoms with Crippen LogP contribution < -0.4 is 9.47 Å². The average Bonchev–Trinajstić information content (AvgIpc) is 2.74. The van der Waals surface area contributed by atoms with Gasteiger partial charge in [0.05, 0.1) is 18.2 Å². The van der Waals surface area contributed by atoms with Gasteiger partial charge >= 0.3 is 0 Å². The van der Waals surface area contributed by atoms with E-state index in [4.69, 9.17) is 21.1 Å². The highest BCUT2D eigenvalue weighted by molar-refractivity contribution is 9.10. The number of allylic oxidation sites excluding steroid dienone is 1. The topological polar surface area (TPSA) is 42.2 Å². The fourth-order valence-electron chi connectivity index (χ4n) is 2.75. The van der Waals surface area contributed by atoms with E-state index in [0.29, 0.717) is 35.3 Å². The van der Waals surface area contributed by atoms with E-state index in [1.54, 1.807) is 12.1 Å². The van der Waals surface area contributed by atoms with Gasteiger partial charge in [0.2, 0.25) is 0 Å². The molecular weight excluding hydrogens is 530 g/mol. The van der Waals surface area contributed by atoms with Crippen molar-refractivity contribution in [1.29, 1.82) is 5.26 Å². The molecule has 3 aromatic carbocycles. The van der Waals surface area contributed by atoms with Crippen LogP contribution in [0.25, 0.3) is 11.6 Å². The van der Waals surface area contributed by atoms with Crippen molar-refractivity contribution in [2.24, 2.45) is 0 Å². The van der Waals surface area contributed by atoms with Crippen LogP contribution in [0, 0.1) is 11.3 Å². The predicted octanol–water partition coefficient (Wildman–Crippen LogP) is 7.91. The number of hydrogen-bond acceptors (Lipinski definition) is 3. The molecule has 0 amide bonds. The average molecular weight is 548 g/mol. The van der Waals surface area contributed by atoms with Gasteiger partial charge in [-0.05, 0) is 66.1 Å². The Morgan fingerprint density at radius 3 is 2.30 bits per heavy atom. The molecule has 6 heteroatoms. The third-order valence-corrected chi connectivity index (χ3v) is 5.71. The number of benzene rings is 3. The monoisotopic (exact) mass is 545 g/mol. The third-order valence-electron chi connectivity index (χ3n) is 4.25. The summed E-state index contributed by atoms with van der Waals surface area (Å²) in [6.07, 6.45) is 1.81. The fraction of sp³-hybridized carbons (Fsp3) is 0.125. The van der Waals surface area contributed by atoms with Gasteiger partial charge in [-0.3, -0.25) is 0 Å². The second-order valence-corrected chi connectivity index (χ2v) is 8.55. The van der Waals surface area contributed by atoms with Crippen molar-refractivity contribution in [1.82, 2.24) is 0 Å². The minimum atomic E-state index is 0.420. The van der Waals surface area contributed by atoms with E-state index < -0.39 is 0 Å². The number of nitriles is 1. The van der Waals surface area contributed by atoms with Crippen LogP contribution in [0.1, 0.15) is 23.6 Å². The smallest absolute Gasteiger partial charge is 0.162 e. The summed E-state index contributed by atoms with van der Waals surface area (Å²) in [7, 11) is 0. The molecule has 0 heterocycles. The molecule has 0 spiro atoms. The van der Waals surface area contributed by atoms with Gasteiger partial charge in [0, 0.05) is 14.0 Å². The zero-order valence-electron chi connectivity index (χ0n) is 16.2. The van der Waals surface area contributed by atoms with Gasteiger partial charge < -0.3 is 9.47 Å². The van der Waals surface area contributed by atoms with Crippen LogP contribution in [0.5, 0.6) is 11.5 Å². The Labute approximate surface area is 198 Å². The minimum absolute atomic E-state index is 0.420. The molecule has 3 nitrogen and oxygen atoms in total. The molecule has 3 rings (SSSR count). The maximum atomic E-state index is 9.63. The van der Waals surface area contributed by atoms with E-state index in [0.717, 1.165) is 25.6 Å². The molecule has 0 radical (unpaired) electrons. The standard InChI is InChI=1S/C24H18Br2ClNO2/c1-2-29-23-12-18(11-19(14-28)17-5-9-21(27)10-6-17)22(26)13-24(23)30-15-16-3-7-20(25)8-4-16/h3-13H,2,15H2,1H3/b19-11+. The van der Waals surface area contributed by atoms with Crippen LogP contribution in [-0.2, 0) is 6.61 Å². The lowest BCUT2D eigenvalue weighted by Crippen LogP contribution is -2.00. The molecule has 3 aromatic rings. The van der Waals surface area contributed by atoms with Crippen LogP contribution in [-0.4, -0.2) is 6.61 Å². The number of halogens is 3. The van der Waals surface area contributed by atoms with E-state index in [2.05, 4.69) is 37.9 Å². The second kappa shape index (κ2) is 10.7. The SMILES string of the molecule is CCOc1cc(/C=C(\C#N)c2ccc(Cl)cc2)c(Br)cc1OCc1ccc(Br)cc1. The van der Waals surface area contributed by atoms with Crippen molar-refractivity contribution in [3.05, 3.63) is 91.3 Å². The number of ether oxygens (including phenoxy) is 2. The van der Waals surface area contributed by atoms with Crippen LogP contribution in [0.2, 0.25) is 5.02 Å². The molecule has 0 bridgehead atoms. The summed E-state index contributed by atoms with van der Waals surface area (Å²) in [5.41, 5.74) is 3.19. The summed E-state index contributed by atoms with van der Waals surface area (Å²) < 4.78 is 13.6. The summed E-state index contributed by atoms with van der Waals surface area (Å²) in [6, 6.07) is 21.1. The Bertz CT molecular complexity index is 1090. The number of hydrogen-bond donors (Lipinski definition) is 0. The molecule has 0 atom stereocenters. The van der Waals surface area contributed by atoms with E-state index in [-0.39, 0.29) is 0 Å². The zero-order chi connectivity index (χ0) is 21.5. The van der Waals surface area contributed by atoms with Gasteiger partial charge in [-0.2, -0.15) is 5.26 Å². The molecule has 0 saturated heterocycles. The first kappa shape index (κ1) is 22.4. The van der Waals surface area contributed by atoms with Gasteiger partial charge in [0.15, 0.2) is 11.5 Å². The molecule has 30 heavy (non-hydrogen) atoms. The Morgan fingerprint density at radius 2 is 1.67 bits per heavy atom. The Balaban J connectivity index is 1.90.